The number of amides is 1. The first kappa shape index (κ1) is 11.9. The summed E-state index contributed by atoms with van der Waals surface area (Å²) in [4.78, 5) is 14.7. The van der Waals surface area contributed by atoms with E-state index in [-0.39, 0.29) is 5.91 Å². The summed E-state index contributed by atoms with van der Waals surface area (Å²) >= 11 is 0. The van der Waals surface area contributed by atoms with Crippen molar-refractivity contribution in [1.82, 2.24) is 4.98 Å². The Morgan fingerprint density at radius 1 is 1.47 bits per heavy atom. The number of hydrogen-bond acceptors (Lipinski definition) is 2. The number of carbonyl (C=O) groups excluding carboxylic acids is 1. The van der Waals surface area contributed by atoms with Gasteiger partial charge in [-0.25, -0.2) is 0 Å². The quantitative estimate of drug-likeness (QED) is 0.788. The number of hydrogen-bond donors (Lipinski definition) is 1. The van der Waals surface area contributed by atoms with Crippen LogP contribution in [0, 0.1) is 6.92 Å². The van der Waals surface area contributed by atoms with Crippen molar-refractivity contribution in [1.29, 1.82) is 0 Å². The minimum atomic E-state index is -1.55. The van der Waals surface area contributed by atoms with Crippen LogP contribution in [0.4, 0.5) is 0 Å². The molecule has 0 spiro atoms. The summed E-state index contributed by atoms with van der Waals surface area (Å²) < 4.78 is 5.38. The second-order valence-electron chi connectivity index (χ2n) is 3.39. The van der Waals surface area contributed by atoms with E-state index in [2.05, 4.69) is 4.98 Å². The monoisotopic (exact) mass is 223 g/mol. The lowest BCUT2D eigenvalue weighted by Crippen LogP contribution is -2.39. The van der Waals surface area contributed by atoms with E-state index < -0.39 is 9.20 Å². The van der Waals surface area contributed by atoms with Crippen LogP contribution in [0.5, 0.6) is 0 Å². The zero-order chi connectivity index (χ0) is 11.3. The molecule has 0 aromatic heterocycles. The van der Waals surface area contributed by atoms with Crippen LogP contribution >= 0.6 is 0 Å². The molecule has 3 nitrogen and oxygen atoms in total. The molecule has 0 aliphatic rings. The highest BCUT2D eigenvalue weighted by atomic mass is 28.3. The van der Waals surface area contributed by atoms with Crippen LogP contribution in [0.3, 0.4) is 0 Å². The van der Waals surface area contributed by atoms with Crippen LogP contribution in [0.1, 0.15) is 22.8 Å². The maximum Gasteiger partial charge on any atom is 0.280 e. The third kappa shape index (κ3) is 3.49. The molecule has 0 fully saturated rings. The van der Waals surface area contributed by atoms with Crippen molar-refractivity contribution in [3.8, 4) is 0 Å². The van der Waals surface area contributed by atoms with E-state index in [9.17, 15) is 4.79 Å². The molecule has 1 rings (SSSR count). The fourth-order valence-corrected chi connectivity index (χ4v) is 2.49. The zero-order valence-corrected chi connectivity index (χ0v) is 10.6. The Hall–Kier alpha value is -1.13. The van der Waals surface area contributed by atoms with Crippen molar-refractivity contribution < 1.29 is 9.22 Å². The van der Waals surface area contributed by atoms with Gasteiger partial charge in [0.1, 0.15) is 0 Å². The Bertz CT molecular complexity index is 341. The molecule has 0 aliphatic heterocycles. The molecule has 1 unspecified atom stereocenters. The summed E-state index contributed by atoms with van der Waals surface area (Å²) in [5, 5.41) is 0. The maximum atomic E-state index is 11.8. The van der Waals surface area contributed by atoms with Crippen LogP contribution in [0.25, 0.3) is 0 Å². The molecule has 0 aliphatic carbocycles. The van der Waals surface area contributed by atoms with Crippen molar-refractivity contribution >= 4 is 15.1 Å². The smallest absolute Gasteiger partial charge is 0.280 e. The zero-order valence-electron chi connectivity index (χ0n) is 9.41. The second-order valence-corrected chi connectivity index (χ2v) is 5.29. The molecule has 0 saturated carbocycles. The Labute approximate surface area is 92.3 Å². The van der Waals surface area contributed by atoms with Gasteiger partial charge in [0.2, 0.25) is 5.91 Å². The number of nitrogens with one attached hydrogen (secondary N) is 1. The topological polar surface area (TPSA) is 38.3 Å². The predicted molar refractivity (Wildman–Crippen MR) is 63.3 cm³/mol. The van der Waals surface area contributed by atoms with E-state index >= 15 is 0 Å². The third-order valence-electron chi connectivity index (χ3n) is 2.14. The Morgan fingerprint density at radius 2 is 2.13 bits per heavy atom. The van der Waals surface area contributed by atoms with E-state index in [1.165, 1.54) is 0 Å². The fourth-order valence-electron chi connectivity index (χ4n) is 1.38. The first-order chi connectivity index (χ1) is 7.15. The average molecular weight is 223 g/mol. The van der Waals surface area contributed by atoms with Crippen LogP contribution in [-0.4, -0.2) is 21.7 Å². The summed E-state index contributed by atoms with van der Waals surface area (Å²) in [6, 6.07) is 7.56. The van der Waals surface area contributed by atoms with Crippen LogP contribution < -0.4 is 4.98 Å². The molecule has 1 aromatic rings. The van der Waals surface area contributed by atoms with Crippen molar-refractivity contribution in [3.05, 3.63) is 35.4 Å². The molecule has 0 heterocycles. The van der Waals surface area contributed by atoms with Gasteiger partial charge < -0.3 is 9.41 Å². The maximum absolute atomic E-state index is 11.8. The average Bonchev–Trinajstić information content (AvgIpc) is 2.18. The van der Waals surface area contributed by atoms with Crippen LogP contribution in [0.15, 0.2) is 24.3 Å². The van der Waals surface area contributed by atoms with Gasteiger partial charge in [0, 0.05) is 12.2 Å². The van der Waals surface area contributed by atoms with Crippen molar-refractivity contribution in [3.63, 3.8) is 0 Å². The molecule has 0 bridgehead atoms. The highest BCUT2D eigenvalue weighted by Gasteiger charge is 2.12. The summed E-state index contributed by atoms with van der Waals surface area (Å²) in [5.74, 6) is -0.0271. The van der Waals surface area contributed by atoms with Gasteiger partial charge in [-0.3, -0.25) is 4.79 Å². The number of rotatable bonds is 4. The van der Waals surface area contributed by atoms with Crippen molar-refractivity contribution in [2.24, 2.45) is 0 Å². The van der Waals surface area contributed by atoms with Gasteiger partial charge in [0.25, 0.3) is 9.20 Å². The van der Waals surface area contributed by atoms with Gasteiger partial charge >= 0.3 is 0 Å². The molecule has 82 valence electrons. The largest absolute Gasteiger partial charge is 0.401 e. The summed E-state index contributed by atoms with van der Waals surface area (Å²) in [7, 11) is -1.55. The van der Waals surface area contributed by atoms with Crippen molar-refractivity contribution in [2.45, 2.75) is 20.4 Å². The van der Waals surface area contributed by atoms with Gasteiger partial charge in [-0.05, 0) is 32.0 Å². The van der Waals surface area contributed by atoms with Gasteiger partial charge in [-0.15, -0.1) is 0 Å². The third-order valence-corrected chi connectivity index (χ3v) is 3.64. The molecule has 1 N–H and O–H groups in total. The standard InChI is InChI=1S/C11H17NO2Si/c1-4-14-15(3)12-11(13)10-8-6-5-7-9(10)2/h5-8,15H,4H2,1-3H3,(H,12,13). The Kier molecular flexibility index (Phi) is 4.52. The minimum absolute atomic E-state index is 0.0271. The van der Waals surface area contributed by atoms with Crippen LogP contribution in [-0.2, 0) is 4.43 Å². The predicted octanol–water partition coefficient (Wildman–Crippen LogP) is 1.61. The van der Waals surface area contributed by atoms with Crippen molar-refractivity contribution in [2.75, 3.05) is 6.61 Å². The van der Waals surface area contributed by atoms with E-state index in [4.69, 9.17) is 4.43 Å². The van der Waals surface area contributed by atoms with Crippen LogP contribution in [0.2, 0.25) is 6.55 Å². The van der Waals surface area contributed by atoms with E-state index in [0.29, 0.717) is 6.61 Å². The Balaban J connectivity index is 2.65. The van der Waals surface area contributed by atoms with E-state index in [0.717, 1.165) is 11.1 Å². The summed E-state index contributed by atoms with van der Waals surface area (Å²) in [5.41, 5.74) is 1.73. The SMILES string of the molecule is CCO[SiH](C)NC(=O)c1ccccc1C. The lowest BCUT2D eigenvalue weighted by atomic mass is 10.1. The van der Waals surface area contributed by atoms with Gasteiger partial charge in [0.05, 0.1) is 0 Å². The van der Waals surface area contributed by atoms with Gasteiger partial charge in [-0.2, -0.15) is 0 Å². The molecule has 0 radical (unpaired) electrons. The first-order valence-corrected chi connectivity index (χ1v) is 7.33. The molecule has 1 amide bonds. The summed E-state index contributed by atoms with van der Waals surface area (Å²) in [6.07, 6.45) is 0. The minimum Gasteiger partial charge on any atom is -0.401 e. The Morgan fingerprint density at radius 3 is 2.73 bits per heavy atom. The molecule has 4 heteroatoms. The molecular formula is C11H17NO2Si. The molecule has 1 atom stereocenters. The second kappa shape index (κ2) is 5.68. The first-order valence-electron chi connectivity index (χ1n) is 5.13. The number of carbonyl (C=O) groups is 1. The lowest BCUT2D eigenvalue weighted by molar-refractivity contribution is 0.0972. The van der Waals surface area contributed by atoms with E-state index in [1.54, 1.807) is 0 Å². The lowest BCUT2D eigenvalue weighted by Gasteiger charge is -2.12. The highest BCUT2D eigenvalue weighted by Crippen LogP contribution is 2.06. The normalized spacial score (nSPS) is 12.2. The fraction of sp³-hybridized carbons (Fsp3) is 0.364. The van der Waals surface area contributed by atoms with E-state index in [1.807, 2.05) is 44.7 Å². The summed E-state index contributed by atoms with van der Waals surface area (Å²) in [6.45, 7) is 6.48. The molecular weight excluding hydrogens is 206 g/mol. The molecule has 15 heavy (non-hydrogen) atoms. The highest BCUT2D eigenvalue weighted by molar-refractivity contribution is 6.51. The molecule has 1 aromatic carbocycles. The number of benzene rings is 1. The number of aryl methyl sites for hydroxylation is 1. The van der Waals surface area contributed by atoms with Gasteiger partial charge in [0.15, 0.2) is 0 Å². The van der Waals surface area contributed by atoms with Gasteiger partial charge in [-0.1, -0.05) is 18.2 Å². The molecule has 0 saturated heterocycles.